The van der Waals surface area contributed by atoms with Crippen molar-refractivity contribution in [2.75, 3.05) is 4.90 Å². The van der Waals surface area contributed by atoms with E-state index in [1.54, 1.807) is 51.2 Å². The molecule has 3 aromatic rings. The fourth-order valence-corrected chi connectivity index (χ4v) is 4.73. The van der Waals surface area contributed by atoms with Gasteiger partial charge in [0.05, 0.1) is 17.9 Å². The number of amides is 3. The second-order valence-corrected chi connectivity index (χ2v) is 11.3. The van der Waals surface area contributed by atoms with E-state index >= 15 is 0 Å². The number of halogens is 4. The van der Waals surface area contributed by atoms with Crippen LogP contribution < -0.4 is 20.3 Å². The van der Waals surface area contributed by atoms with E-state index in [2.05, 4.69) is 20.4 Å². The van der Waals surface area contributed by atoms with Gasteiger partial charge in [-0.05, 0) is 68.7 Å². The molecule has 1 aliphatic heterocycles. The second kappa shape index (κ2) is 13.3. The summed E-state index contributed by atoms with van der Waals surface area (Å²) >= 11 is 0. The van der Waals surface area contributed by atoms with Crippen molar-refractivity contribution < 1.29 is 41.4 Å². The molecular weight excluding hydrogens is 584 g/mol. The summed E-state index contributed by atoms with van der Waals surface area (Å²) in [7, 11) is 0. The number of fused-ring (bicyclic) bond motifs is 1. The van der Waals surface area contributed by atoms with E-state index in [-0.39, 0.29) is 31.4 Å². The van der Waals surface area contributed by atoms with Crippen LogP contribution in [0.5, 0.6) is 5.75 Å². The van der Waals surface area contributed by atoms with Crippen LogP contribution in [0.1, 0.15) is 44.0 Å². The zero-order valence-corrected chi connectivity index (χ0v) is 24.3. The predicted octanol–water partition coefficient (Wildman–Crippen LogP) is 5.22. The molecule has 0 saturated carbocycles. The van der Waals surface area contributed by atoms with Crippen molar-refractivity contribution in [1.82, 2.24) is 15.6 Å². The third kappa shape index (κ3) is 9.16. The molecule has 234 valence electrons. The first kappa shape index (κ1) is 32.2. The number of nitrogens with one attached hydrogen (secondary N) is 2. The molecule has 44 heavy (non-hydrogen) atoms. The largest absolute Gasteiger partial charge is 0.573 e. The number of anilines is 1. The van der Waals surface area contributed by atoms with Crippen LogP contribution in [0.2, 0.25) is 0 Å². The summed E-state index contributed by atoms with van der Waals surface area (Å²) in [6.07, 6.45) is -4.28. The Bertz CT molecular complexity index is 1490. The Hall–Kier alpha value is -4.68. The minimum absolute atomic E-state index is 0.00764. The maximum atomic E-state index is 14.4. The summed E-state index contributed by atoms with van der Waals surface area (Å²) in [4.78, 5) is 45.1. The van der Waals surface area contributed by atoms with Crippen molar-refractivity contribution in [3.8, 4) is 5.75 Å². The van der Waals surface area contributed by atoms with Crippen LogP contribution >= 0.6 is 0 Å². The topological polar surface area (TPSA) is 110 Å². The van der Waals surface area contributed by atoms with Crippen LogP contribution in [0.3, 0.4) is 0 Å². The molecule has 0 saturated heterocycles. The van der Waals surface area contributed by atoms with Gasteiger partial charge in [0.1, 0.15) is 23.2 Å². The van der Waals surface area contributed by atoms with Gasteiger partial charge in [-0.25, -0.2) is 9.18 Å². The monoisotopic (exact) mass is 616 g/mol. The van der Waals surface area contributed by atoms with Crippen LogP contribution in [0, 0.1) is 5.82 Å². The Morgan fingerprint density at radius 3 is 2.41 bits per heavy atom. The van der Waals surface area contributed by atoms with Gasteiger partial charge in [-0.15, -0.1) is 13.2 Å². The molecule has 0 spiro atoms. The molecule has 1 unspecified atom stereocenters. The summed E-state index contributed by atoms with van der Waals surface area (Å²) in [5.41, 5.74) is 1.03. The van der Waals surface area contributed by atoms with E-state index in [0.717, 1.165) is 12.1 Å². The first-order valence-electron chi connectivity index (χ1n) is 13.8. The van der Waals surface area contributed by atoms with Crippen molar-refractivity contribution in [2.45, 2.75) is 70.6 Å². The molecule has 1 aliphatic rings. The number of carbonyl (C=O) groups excluding carboxylic acids is 3. The van der Waals surface area contributed by atoms with Crippen molar-refractivity contribution in [2.24, 2.45) is 0 Å². The van der Waals surface area contributed by atoms with Crippen LogP contribution in [-0.4, -0.2) is 46.9 Å². The standard InChI is InChI=1S/C31H32F4N4O5/c1-30(2,3)44-29(42)37-21(15-20-7-4-5-8-23(20)32)16-27(40)38-25-17-24-26(9-6-14-36-24)39(28(25)41)18-19-10-12-22(13-11-19)43-31(33,34)35/h4-14,21,25H,15-18H2,1-3H3,(H,37,42)(H,38,40)/t21-,25?/m1/s1. The molecular formula is C31H32F4N4O5. The number of alkyl carbamates (subject to hydrolysis) is 1. The Morgan fingerprint density at radius 1 is 1.05 bits per heavy atom. The highest BCUT2D eigenvalue weighted by atomic mass is 19.4. The maximum absolute atomic E-state index is 14.4. The van der Waals surface area contributed by atoms with Crippen molar-refractivity contribution in [3.05, 3.63) is 89.5 Å². The van der Waals surface area contributed by atoms with Crippen LogP contribution in [-0.2, 0) is 33.7 Å². The molecule has 0 bridgehead atoms. The number of ether oxygens (including phenoxy) is 2. The number of benzene rings is 2. The van der Waals surface area contributed by atoms with Gasteiger partial charge in [0.15, 0.2) is 0 Å². The van der Waals surface area contributed by atoms with Gasteiger partial charge >= 0.3 is 12.5 Å². The van der Waals surface area contributed by atoms with Gasteiger partial charge in [-0.2, -0.15) is 0 Å². The third-order valence-electron chi connectivity index (χ3n) is 6.53. The number of rotatable bonds is 9. The normalized spacial score (nSPS) is 15.7. The number of pyridine rings is 1. The molecule has 2 heterocycles. The van der Waals surface area contributed by atoms with Crippen LogP contribution in [0.4, 0.5) is 28.0 Å². The summed E-state index contributed by atoms with van der Waals surface area (Å²) in [5, 5.41) is 5.34. The average molecular weight is 617 g/mol. The first-order chi connectivity index (χ1) is 20.7. The Labute approximate surface area is 251 Å². The zero-order valence-electron chi connectivity index (χ0n) is 24.3. The highest BCUT2D eigenvalue weighted by molar-refractivity contribution is 6.01. The van der Waals surface area contributed by atoms with Crippen molar-refractivity contribution in [1.29, 1.82) is 0 Å². The second-order valence-electron chi connectivity index (χ2n) is 11.3. The molecule has 3 amide bonds. The molecule has 13 heteroatoms. The number of hydrogen-bond donors (Lipinski definition) is 2. The van der Waals surface area contributed by atoms with E-state index in [1.807, 2.05) is 0 Å². The molecule has 2 atom stereocenters. The molecule has 2 N–H and O–H groups in total. The summed E-state index contributed by atoms with van der Waals surface area (Å²) in [6, 6.07) is 12.5. The Balaban J connectivity index is 1.49. The van der Waals surface area contributed by atoms with Gasteiger partial charge < -0.3 is 25.0 Å². The lowest BCUT2D eigenvalue weighted by Crippen LogP contribution is -2.54. The maximum Gasteiger partial charge on any atom is 0.573 e. The number of aromatic nitrogens is 1. The van der Waals surface area contributed by atoms with Gasteiger partial charge in [0.2, 0.25) is 11.8 Å². The third-order valence-corrected chi connectivity index (χ3v) is 6.53. The van der Waals surface area contributed by atoms with Gasteiger partial charge in [0, 0.05) is 25.1 Å². The zero-order chi connectivity index (χ0) is 32.1. The van der Waals surface area contributed by atoms with E-state index in [1.165, 1.54) is 29.2 Å². The van der Waals surface area contributed by atoms with Gasteiger partial charge in [-0.1, -0.05) is 30.3 Å². The number of hydrogen-bond acceptors (Lipinski definition) is 6. The Kier molecular flexibility index (Phi) is 9.75. The molecule has 9 nitrogen and oxygen atoms in total. The van der Waals surface area contributed by atoms with Crippen LogP contribution in [0.25, 0.3) is 0 Å². The highest BCUT2D eigenvalue weighted by Crippen LogP contribution is 2.29. The fourth-order valence-electron chi connectivity index (χ4n) is 4.73. The lowest BCUT2D eigenvalue weighted by Gasteiger charge is -2.34. The molecule has 2 aromatic carbocycles. The van der Waals surface area contributed by atoms with Gasteiger partial charge in [-0.3, -0.25) is 14.6 Å². The summed E-state index contributed by atoms with van der Waals surface area (Å²) in [6.45, 7) is 5.04. The lowest BCUT2D eigenvalue weighted by molar-refractivity contribution is -0.274. The average Bonchev–Trinajstić information content (AvgIpc) is 2.91. The minimum Gasteiger partial charge on any atom is -0.444 e. The van der Waals surface area contributed by atoms with Crippen molar-refractivity contribution in [3.63, 3.8) is 0 Å². The SMILES string of the molecule is CC(C)(C)OC(=O)N[C@@H](CC(=O)NC1Cc2ncccc2N(Cc2ccc(OC(F)(F)F)cc2)C1=O)Cc1ccccc1F. The Morgan fingerprint density at radius 2 is 1.75 bits per heavy atom. The van der Waals surface area contributed by atoms with E-state index < -0.39 is 53.5 Å². The van der Waals surface area contributed by atoms with Crippen molar-refractivity contribution >= 4 is 23.6 Å². The minimum atomic E-state index is -4.84. The highest BCUT2D eigenvalue weighted by Gasteiger charge is 2.35. The summed E-state index contributed by atoms with van der Waals surface area (Å²) < 4.78 is 61.3. The fraction of sp³-hybridized carbons (Fsp3) is 0.355. The molecule has 0 aliphatic carbocycles. The molecule has 0 radical (unpaired) electrons. The number of alkyl halides is 3. The van der Waals surface area contributed by atoms with Crippen LogP contribution in [0.15, 0.2) is 66.9 Å². The molecule has 1 aromatic heterocycles. The number of nitrogens with zero attached hydrogens (tertiary/aromatic N) is 2. The van der Waals surface area contributed by atoms with Gasteiger partial charge in [0.25, 0.3) is 0 Å². The molecule has 0 fully saturated rings. The number of carbonyl (C=O) groups is 3. The van der Waals surface area contributed by atoms with E-state index in [9.17, 15) is 31.9 Å². The quantitative estimate of drug-likeness (QED) is 0.319. The van der Waals surface area contributed by atoms with E-state index in [0.29, 0.717) is 16.9 Å². The van der Waals surface area contributed by atoms with E-state index in [4.69, 9.17) is 4.74 Å². The molecule has 4 rings (SSSR count). The summed E-state index contributed by atoms with van der Waals surface area (Å²) in [5.74, 6) is -1.93. The first-order valence-corrected chi connectivity index (χ1v) is 13.8. The predicted molar refractivity (Wildman–Crippen MR) is 152 cm³/mol. The smallest absolute Gasteiger partial charge is 0.444 e. The lowest BCUT2D eigenvalue weighted by atomic mass is 9.99.